The summed E-state index contributed by atoms with van der Waals surface area (Å²) in [6, 6.07) is 10.0. The molecule has 0 saturated heterocycles. The van der Waals surface area contributed by atoms with Gasteiger partial charge in [0.15, 0.2) is 0 Å². The van der Waals surface area contributed by atoms with Gasteiger partial charge in [0, 0.05) is 29.3 Å². The van der Waals surface area contributed by atoms with Gasteiger partial charge in [-0.15, -0.1) is 0 Å². The molecular weight excluding hydrogens is 326 g/mol. The smallest absolute Gasteiger partial charge is 0.271 e. The van der Waals surface area contributed by atoms with Crippen molar-refractivity contribution in [2.24, 2.45) is 5.10 Å². The molecule has 2 N–H and O–H groups in total. The highest BCUT2D eigenvalue weighted by Crippen LogP contribution is 2.22. The van der Waals surface area contributed by atoms with E-state index in [9.17, 15) is 20.0 Å². The number of nitro groups is 1. The van der Waals surface area contributed by atoms with Crippen molar-refractivity contribution in [2.45, 2.75) is 13.3 Å². The van der Waals surface area contributed by atoms with E-state index in [0.29, 0.717) is 17.9 Å². The van der Waals surface area contributed by atoms with Crippen LogP contribution < -0.4 is 10.2 Å². The van der Waals surface area contributed by atoms with E-state index in [2.05, 4.69) is 10.5 Å². The molecule has 1 amide bonds. The summed E-state index contributed by atoms with van der Waals surface area (Å²) in [7, 11) is 0. The number of non-ortho nitro benzene ring substituents is 1. The van der Waals surface area contributed by atoms with Crippen LogP contribution in [0.25, 0.3) is 0 Å². The summed E-state index contributed by atoms with van der Waals surface area (Å²) in [5.74, 6) is -0.0959. The van der Waals surface area contributed by atoms with E-state index in [1.54, 1.807) is 12.1 Å². The Balaban J connectivity index is 2.02. The van der Waals surface area contributed by atoms with E-state index in [1.165, 1.54) is 30.5 Å². The van der Waals surface area contributed by atoms with Gasteiger partial charge in [-0.25, -0.2) is 5.43 Å². The minimum absolute atomic E-state index is 0.0399. The van der Waals surface area contributed by atoms with Gasteiger partial charge in [-0.2, -0.15) is 5.10 Å². The molecule has 8 nitrogen and oxygen atoms in total. The molecule has 0 radical (unpaired) electrons. The lowest BCUT2D eigenvalue weighted by Crippen LogP contribution is -2.17. The molecule has 0 fully saturated rings. The van der Waals surface area contributed by atoms with Crippen LogP contribution >= 0.6 is 0 Å². The number of phenols is 1. The van der Waals surface area contributed by atoms with Crippen molar-refractivity contribution in [3.63, 3.8) is 0 Å². The van der Waals surface area contributed by atoms with Crippen LogP contribution in [0.5, 0.6) is 11.5 Å². The van der Waals surface area contributed by atoms with Crippen molar-refractivity contribution in [1.29, 1.82) is 0 Å². The second kappa shape index (κ2) is 8.44. The lowest BCUT2D eigenvalue weighted by Gasteiger charge is -2.06. The first-order valence-electron chi connectivity index (χ1n) is 7.55. The third kappa shape index (κ3) is 5.03. The Morgan fingerprint density at radius 1 is 1.36 bits per heavy atom. The molecule has 0 aromatic heterocycles. The lowest BCUT2D eigenvalue weighted by molar-refractivity contribution is -0.384. The molecular formula is C17H17N3O5. The first kappa shape index (κ1) is 17.9. The summed E-state index contributed by atoms with van der Waals surface area (Å²) in [4.78, 5) is 22.1. The molecule has 0 heterocycles. The number of ether oxygens (including phenoxy) is 1. The predicted molar refractivity (Wildman–Crippen MR) is 92.0 cm³/mol. The second-order valence-corrected chi connectivity index (χ2v) is 5.08. The fraction of sp³-hybridized carbons (Fsp3) is 0.176. The summed E-state index contributed by atoms with van der Waals surface area (Å²) < 4.78 is 5.39. The van der Waals surface area contributed by atoms with Gasteiger partial charge in [-0.3, -0.25) is 14.9 Å². The highest BCUT2D eigenvalue weighted by atomic mass is 16.6. The van der Waals surface area contributed by atoms with Crippen LogP contribution in [0.1, 0.15) is 29.3 Å². The zero-order chi connectivity index (χ0) is 18.2. The van der Waals surface area contributed by atoms with Crippen molar-refractivity contribution in [3.05, 3.63) is 63.7 Å². The number of nitrogens with one attached hydrogen (secondary N) is 1. The molecule has 0 saturated carbocycles. The number of aromatic hydroxyl groups is 1. The third-order valence-corrected chi connectivity index (χ3v) is 3.16. The SMILES string of the molecule is CCCOc1ccc(/C=N/NC(=O)c2cccc([N+](=O)[O-])c2)c(O)c1. The van der Waals surface area contributed by atoms with Gasteiger partial charge < -0.3 is 9.84 Å². The van der Waals surface area contributed by atoms with Gasteiger partial charge in [0.05, 0.1) is 17.7 Å². The molecule has 25 heavy (non-hydrogen) atoms. The molecule has 2 aromatic rings. The van der Waals surface area contributed by atoms with Crippen molar-refractivity contribution in [2.75, 3.05) is 6.61 Å². The molecule has 0 bridgehead atoms. The number of nitro benzene ring substituents is 1. The monoisotopic (exact) mass is 343 g/mol. The van der Waals surface area contributed by atoms with Gasteiger partial charge in [0.1, 0.15) is 11.5 Å². The minimum atomic E-state index is -0.595. The van der Waals surface area contributed by atoms with Crippen LogP contribution in [-0.4, -0.2) is 28.8 Å². The molecule has 2 rings (SSSR count). The normalized spacial score (nSPS) is 10.6. The van der Waals surface area contributed by atoms with Crippen molar-refractivity contribution >= 4 is 17.8 Å². The highest BCUT2D eigenvalue weighted by molar-refractivity contribution is 5.95. The Kier molecular flexibility index (Phi) is 6.05. The first-order chi connectivity index (χ1) is 12.0. The zero-order valence-electron chi connectivity index (χ0n) is 13.5. The number of carbonyl (C=O) groups is 1. The Morgan fingerprint density at radius 2 is 2.16 bits per heavy atom. The molecule has 0 unspecified atom stereocenters. The maximum Gasteiger partial charge on any atom is 0.271 e. The largest absolute Gasteiger partial charge is 0.507 e. The molecule has 0 spiro atoms. The molecule has 0 aliphatic carbocycles. The predicted octanol–water partition coefficient (Wildman–Crippen LogP) is 2.85. The van der Waals surface area contributed by atoms with Crippen molar-refractivity contribution < 1.29 is 19.6 Å². The molecule has 0 aliphatic rings. The average molecular weight is 343 g/mol. The Labute approximate surface area is 143 Å². The Hall–Kier alpha value is -3.42. The number of hydrogen-bond acceptors (Lipinski definition) is 6. The number of hydrazone groups is 1. The van der Waals surface area contributed by atoms with Gasteiger partial charge in [0.2, 0.25) is 0 Å². The molecule has 2 aromatic carbocycles. The van der Waals surface area contributed by atoms with Crippen LogP contribution in [-0.2, 0) is 0 Å². The average Bonchev–Trinajstić information content (AvgIpc) is 2.61. The zero-order valence-corrected chi connectivity index (χ0v) is 13.5. The summed E-state index contributed by atoms with van der Waals surface area (Å²) in [6.45, 7) is 2.52. The van der Waals surface area contributed by atoms with E-state index < -0.39 is 10.8 Å². The van der Waals surface area contributed by atoms with Gasteiger partial charge in [-0.1, -0.05) is 13.0 Å². The standard InChI is InChI=1S/C17H17N3O5/c1-2-8-25-15-7-6-13(16(21)10-15)11-18-19-17(22)12-4-3-5-14(9-12)20(23)24/h3-7,9-11,21H,2,8H2,1H3,(H,19,22)/b18-11+. The number of hydrogen-bond donors (Lipinski definition) is 2. The number of carbonyl (C=O) groups excluding carboxylic acids is 1. The topological polar surface area (TPSA) is 114 Å². The van der Waals surface area contributed by atoms with E-state index >= 15 is 0 Å². The van der Waals surface area contributed by atoms with Crippen LogP contribution in [0.15, 0.2) is 47.6 Å². The van der Waals surface area contributed by atoms with E-state index in [-0.39, 0.29) is 17.0 Å². The summed E-state index contributed by atoms with van der Waals surface area (Å²) in [5.41, 5.74) is 2.57. The summed E-state index contributed by atoms with van der Waals surface area (Å²) in [5, 5.41) is 24.4. The van der Waals surface area contributed by atoms with E-state index in [1.807, 2.05) is 6.92 Å². The van der Waals surface area contributed by atoms with Crippen LogP contribution in [0.4, 0.5) is 5.69 Å². The van der Waals surface area contributed by atoms with Gasteiger partial charge in [0.25, 0.3) is 11.6 Å². The number of amides is 1. The molecule has 0 aliphatic heterocycles. The van der Waals surface area contributed by atoms with E-state index in [4.69, 9.17) is 4.74 Å². The molecule has 0 atom stereocenters. The Bertz CT molecular complexity index is 805. The number of nitrogens with zero attached hydrogens (tertiary/aromatic N) is 2. The van der Waals surface area contributed by atoms with E-state index in [0.717, 1.165) is 12.5 Å². The first-order valence-corrected chi connectivity index (χ1v) is 7.55. The van der Waals surface area contributed by atoms with Crippen molar-refractivity contribution in [3.8, 4) is 11.5 Å². The number of benzene rings is 2. The third-order valence-electron chi connectivity index (χ3n) is 3.16. The second-order valence-electron chi connectivity index (χ2n) is 5.08. The summed E-state index contributed by atoms with van der Waals surface area (Å²) >= 11 is 0. The van der Waals surface area contributed by atoms with Gasteiger partial charge in [-0.05, 0) is 24.6 Å². The van der Waals surface area contributed by atoms with Crippen LogP contribution in [0, 0.1) is 10.1 Å². The maximum absolute atomic E-state index is 11.9. The highest BCUT2D eigenvalue weighted by Gasteiger charge is 2.10. The van der Waals surface area contributed by atoms with Crippen molar-refractivity contribution in [1.82, 2.24) is 5.43 Å². The fourth-order valence-corrected chi connectivity index (χ4v) is 1.93. The molecule has 8 heteroatoms. The fourth-order valence-electron chi connectivity index (χ4n) is 1.93. The van der Waals surface area contributed by atoms with Crippen LogP contribution in [0.3, 0.4) is 0 Å². The number of rotatable bonds is 7. The Morgan fingerprint density at radius 3 is 2.84 bits per heavy atom. The van der Waals surface area contributed by atoms with Gasteiger partial charge >= 0.3 is 0 Å². The lowest BCUT2D eigenvalue weighted by atomic mass is 10.2. The molecule has 130 valence electrons. The summed E-state index contributed by atoms with van der Waals surface area (Å²) in [6.07, 6.45) is 2.13. The van der Waals surface area contributed by atoms with Crippen LogP contribution in [0.2, 0.25) is 0 Å². The number of phenolic OH excluding ortho intramolecular Hbond substituents is 1. The minimum Gasteiger partial charge on any atom is -0.507 e. The maximum atomic E-state index is 11.9. The quantitative estimate of drug-likeness (QED) is 0.456.